The van der Waals surface area contributed by atoms with E-state index >= 15 is 0 Å². The van der Waals surface area contributed by atoms with Crippen LogP contribution in [0.4, 0.5) is 0 Å². The molecule has 0 saturated carbocycles. The number of imide groups is 1. The SMILES string of the molecule is CCC/C(=C\c1ccccc1O)CC[C@H]1OC[C@H]2C1=C(COC)C[C@H]1C(=O)N(Cc3cccs3)C(=O)[C@H]12. The van der Waals surface area contributed by atoms with Crippen LogP contribution in [0, 0.1) is 17.8 Å². The minimum atomic E-state index is -0.347. The Kier molecular flexibility index (Phi) is 7.93. The minimum absolute atomic E-state index is 0.0577. The first-order valence-electron chi connectivity index (χ1n) is 13.2. The third-order valence-corrected chi connectivity index (χ3v) is 8.77. The lowest BCUT2D eigenvalue weighted by atomic mass is 9.69. The Bertz CT molecular complexity index is 1200. The summed E-state index contributed by atoms with van der Waals surface area (Å²) in [7, 11) is 1.68. The molecule has 0 spiro atoms. The highest BCUT2D eigenvalue weighted by atomic mass is 32.1. The normalized spacial score (nSPS) is 25.7. The Hall–Kier alpha value is -2.74. The van der Waals surface area contributed by atoms with Gasteiger partial charge in [-0.15, -0.1) is 11.3 Å². The van der Waals surface area contributed by atoms with Crippen molar-refractivity contribution in [2.24, 2.45) is 17.8 Å². The van der Waals surface area contributed by atoms with Crippen molar-refractivity contribution in [2.75, 3.05) is 20.3 Å². The lowest BCUT2D eigenvalue weighted by Crippen LogP contribution is -2.35. The summed E-state index contributed by atoms with van der Waals surface area (Å²) in [6.45, 7) is 3.43. The number of carbonyl (C=O) groups is 2. The topological polar surface area (TPSA) is 76.1 Å². The Balaban J connectivity index is 1.36. The molecular formula is C30H35NO5S. The number of likely N-dealkylation sites (tertiary alicyclic amines) is 1. The number of benzene rings is 1. The Morgan fingerprint density at radius 3 is 2.73 bits per heavy atom. The molecule has 2 amide bonds. The molecule has 7 heteroatoms. The van der Waals surface area contributed by atoms with Crippen molar-refractivity contribution in [3.63, 3.8) is 0 Å². The highest BCUT2D eigenvalue weighted by Crippen LogP contribution is 2.50. The number of carbonyl (C=O) groups excluding carboxylic acids is 2. The first-order valence-corrected chi connectivity index (χ1v) is 14.1. The maximum Gasteiger partial charge on any atom is 0.234 e. The van der Waals surface area contributed by atoms with Crippen molar-refractivity contribution in [1.29, 1.82) is 0 Å². The molecule has 196 valence electrons. The number of nitrogens with zero attached hydrogens (tertiary/aromatic N) is 1. The van der Waals surface area contributed by atoms with Gasteiger partial charge in [-0.1, -0.05) is 49.3 Å². The third kappa shape index (κ3) is 5.17. The van der Waals surface area contributed by atoms with Gasteiger partial charge in [0.2, 0.25) is 11.8 Å². The van der Waals surface area contributed by atoms with Crippen LogP contribution in [-0.4, -0.2) is 48.2 Å². The number of para-hydroxylation sites is 1. The number of phenolic OH excluding ortho intramolecular Hbond substituents is 1. The van der Waals surface area contributed by atoms with Crippen molar-refractivity contribution in [1.82, 2.24) is 4.90 Å². The number of amides is 2. The van der Waals surface area contributed by atoms with Crippen LogP contribution in [0.2, 0.25) is 0 Å². The van der Waals surface area contributed by atoms with Crippen LogP contribution in [0.1, 0.15) is 49.5 Å². The Labute approximate surface area is 222 Å². The summed E-state index contributed by atoms with van der Waals surface area (Å²) in [5, 5.41) is 12.2. The van der Waals surface area contributed by atoms with E-state index in [1.807, 2.05) is 35.7 Å². The van der Waals surface area contributed by atoms with Crippen molar-refractivity contribution < 1.29 is 24.2 Å². The van der Waals surface area contributed by atoms with E-state index in [-0.39, 0.29) is 41.4 Å². The van der Waals surface area contributed by atoms with Crippen LogP contribution in [0.5, 0.6) is 5.75 Å². The molecule has 2 aliphatic heterocycles. The van der Waals surface area contributed by atoms with E-state index in [4.69, 9.17) is 9.47 Å². The molecule has 5 rings (SSSR count). The molecule has 3 heterocycles. The van der Waals surface area contributed by atoms with E-state index in [0.29, 0.717) is 26.2 Å². The Morgan fingerprint density at radius 2 is 2.00 bits per heavy atom. The van der Waals surface area contributed by atoms with Gasteiger partial charge in [-0.05, 0) is 54.3 Å². The lowest BCUT2D eigenvalue weighted by molar-refractivity contribution is -0.140. The maximum absolute atomic E-state index is 13.5. The molecule has 37 heavy (non-hydrogen) atoms. The zero-order valence-electron chi connectivity index (χ0n) is 21.5. The quantitative estimate of drug-likeness (QED) is 0.326. The average molecular weight is 522 g/mol. The van der Waals surface area contributed by atoms with Crippen LogP contribution in [0.15, 0.2) is 58.5 Å². The van der Waals surface area contributed by atoms with Gasteiger partial charge < -0.3 is 14.6 Å². The summed E-state index contributed by atoms with van der Waals surface area (Å²) in [5.41, 5.74) is 4.41. The molecule has 1 aliphatic carbocycles. The number of thiophene rings is 1. The number of ether oxygens (including phenoxy) is 2. The summed E-state index contributed by atoms with van der Waals surface area (Å²) in [6.07, 6.45) is 6.18. The summed E-state index contributed by atoms with van der Waals surface area (Å²) >= 11 is 1.57. The molecule has 4 atom stereocenters. The molecule has 1 aromatic carbocycles. The second-order valence-electron chi connectivity index (χ2n) is 10.2. The van der Waals surface area contributed by atoms with Gasteiger partial charge in [0, 0.05) is 23.5 Å². The van der Waals surface area contributed by atoms with Gasteiger partial charge in [-0.25, -0.2) is 0 Å². The van der Waals surface area contributed by atoms with E-state index in [1.54, 1.807) is 24.5 Å². The lowest BCUT2D eigenvalue weighted by Gasteiger charge is -2.31. The van der Waals surface area contributed by atoms with E-state index < -0.39 is 0 Å². The van der Waals surface area contributed by atoms with Gasteiger partial charge >= 0.3 is 0 Å². The predicted octanol–water partition coefficient (Wildman–Crippen LogP) is 5.58. The molecule has 2 aromatic rings. The van der Waals surface area contributed by atoms with Crippen molar-refractivity contribution >= 4 is 29.2 Å². The molecular weight excluding hydrogens is 486 g/mol. The number of methoxy groups -OCH3 is 1. The van der Waals surface area contributed by atoms with E-state index in [2.05, 4.69) is 13.0 Å². The van der Waals surface area contributed by atoms with Gasteiger partial charge in [-0.2, -0.15) is 0 Å². The molecule has 0 radical (unpaired) electrons. The fourth-order valence-corrected chi connectivity index (χ4v) is 6.99. The second kappa shape index (κ2) is 11.3. The zero-order chi connectivity index (χ0) is 25.9. The van der Waals surface area contributed by atoms with E-state index in [9.17, 15) is 14.7 Å². The molecule has 2 fully saturated rings. The molecule has 2 saturated heterocycles. The summed E-state index contributed by atoms with van der Waals surface area (Å²) in [6, 6.07) is 11.3. The summed E-state index contributed by atoms with van der Waals surface area (Å²) in [5.74, 6) is -0.581. The van der Waals surface area contributed by atoms with Gasteiger partial charge in [0.05, 0.1) is 37.7 Å². The van der Waals surface area contributed by atoms with Crippen LogP contribution >= 0.6 is 11.3 Å². The number of phenols is 1. The standard InChI is InChI=1S/C30H35NO5S/c1-3-7-19(14-20-8-4-5-10-25(20)32)11-12-26-27-21(17-35-2)15-23-28(24(27)18-36-26)30(34)31(29(23)33)16-22-9-6-13-37-22/h4-6,8-10,13-14,23-24,26,28,32H,3,7,11-12,15-18H2,1-2H3/b19-14+/t23-,24+,26-,28-/m1/s1. The largest absolute Gasteiger partial charge is 0.507 e. The molecule has 3 aliphatic rings. The molecule has 0 unspecified atom stereocenters. The number of hydrogen-bond acceptors (Lipinski definition) is 6. The highest BCUT2D eigenvalue weighted by Gasteiger charge is 2.56. The van der Waals surface area contributed by atoms with E-state index in [0.717, 1.165) is 41.7 Å². The fourth-order valence-electron chi connectivity index (χ4n) is 6.30. The van der Waals surface area contributed by atoms with E-state index in [1.165, 1.54) is 16.0 Å². The number of fused-ring (bicyclic) bond motifs is 3. The number of hydrogen-bond donors (Lipinski definition) is 1. The Morgan fingerprint density at radius 1 is 1.16 bits per heavy atom. The fraction of sp³-hybridized carbons (Fsp3) is 0.467. The summed E-state index contributed by atoms with van der Waals surface area (Å²) in [4.78, 5) is 29.4. The van der Waals surface area contributed by atoms with Crippen molar-refractivity contribution in [3.05, 3.63) is 68.9 Å². The van der Waals surface area contributed by atoms with Gasteiger partial charge in [-0.3, -0.25) is 14.5 Å². The van der Waals surface area contributed by atoms with Crippen LogP contribution in [-0.2, 0) is 25.6 Å². The van der Waals surface area contributed by atoms with Crippen LogP contribution in [0.3, 0.4) is 0 Å². The monoisotopic (exact) mass is 521 g/mol. The number of allylic oxidation sites excluding steroid dienone is 1. The summed E-state index contributed by atoms with van der Waals surface area (Å²) < 4.78 is 11.9. The first-order chi connectivity index (χ1) is 18.0. The molecule has 1 aromatic heterocycles. The van der Waals surface area contributed by atoms with Gasteiger partial charge in [0.1, 0.15) is 5.75 Å². The third-order valence-electron chi connectivity index (χ3n) is 7.91. The van der Waals surface area contributed by atoms with Gasteiger partial charge in [0.15, 0.2) is 0 Å². The number of rotatable bonds is 10. The minimum Gasteiger partial charge on any atom is -0.507 e. The van der Waals surface area contributed by atoms with Crippen molar-refractivity contribution in [2.45, 2.75) is 51.7 Å². The highest BCUT2D eigenvalue weighted by molar-refractivity contribution is 7.09. The molecule has 1 N–H and O–H groups in total. The smallest absolute Gasteiger partial charge is 0.234 e. The zero-order valence-corrected chi connectivity index (χ0v) is 22.3. The molecule has 0 bridgehead atoms. The maximum atomic E-state index is 13.5. The molecule has 6 nitrogen and oxygen atoms in total. The van der Waals surface area contributed by atoms with Gasteiger partial charge in [0.25, 0.3) is 0 Å². The van der Waals surface area contributed by atoms with Crippen LogP contribution < -0.4 is 0 Å². The average Bonchev–Trinajstić information content (AvgIpc) is 3.61. The van der Waals surface area contributed by atoms with Crippen molar-refractivity contribution in [3.8, 4) is 5.75 Å². The van der Waals surface area contributed by atoms with Crippen LogP contribution in [0.25, 0.3) is 6.08 Å². The first kappa shape index (κ1) is 25.9. The predicted molar refractivity (Wildman–Crippen MR) is 144 cm³/mol. The number of aromatic hydroxyl groups is 1. The second-order valence-corrected chi connectivity index (χ2v) is 11.3.